The Balaban J connectivity index is 1.99. The second kappa shape index (κ2) is 5.17. The maximum atomic E-state index is 4.53. The van der Waals surface area contributed by atoms with Crippen molar-refractivity contribution in [3.8, 4) is 0 Å². The predicted octanol–water partition coefficient (Wildman–Crippen LogP) is 4.14. The number of anilines is 1. The maximum absolute atomic E-state index is 4.53. The topological polar surface area (TPSA) is 24.9 Å². The van der Waals surface area contributed by atoms with Crippen molar-refractivity contribution in [2.24, 2.45) is 5.92 Å². The highest BCUT2D eigenvalue weighted by Gasteiger charge is 2.21. The van der Waals surface area contributed by atoms with Crippen LogP contribution in [0.4, 0.5) is 5.82 Å². The fraction of sp³-hybridized carbons (Fsp3) is 0.615. The van der Waals surface area contributed by atoms with Crippen LogP contribution in [-0.4, -0.2) is 11.0 Å². The van der Waals surface area contributed by atoms with Crippen LogP contribution in [-0.2, 0) is 0 Å². The Morgan fingerprint density at radius 1 is 1.38 bits per heavy atom. The van der Waals surface area contributed by atoms with Gasteiger partial charge in [0.25, 0.3) is 0 Å². The van der Waals surface area contributed by atoms with Gasteiger partial charge in [-0.15, -0.1) is 0 Å². The van der Waals surface area contributed by atoms with E-state index in [9.17, 15) is 0 Å². The SMILES string of the molecule is Cc1nc(NC(C)C2CCCC2)ccc1Br. The van der Waals surface area contributed by atoms with Gasteiger partial charge in [-0.25, -0.2) is 4.98 Å². The number of hydrogen-bond acceptors (Lipinski definition) is 2. The van der Waals surface area contributed by atoms with Gasteiger partial charge in [-0.3, -0.25) is 0 Å². The van der Waals surface area contributed by atoms with Crippen LogP contribution in [0.15, 0.2) is 16.6 Å². The van der Waals surface area contributed by atoms with E-state index >= 15 is 0 Å². The van der Waals surface area contributed by atoms with Crippen molar-refractivity contribution in [3.05, 3.63) is 22.3 Å². The number of aryl methyl sites for hydroxylation is 1. The molecule has 0 amide bonds. The first-order valence-corrected chi connectivity index (χ1v) is 6.86. The minimum Gasteiger partial charge on any atom is -0.367 e. The first-order valence-electron chi connectivity index (χ1n) is 6.06. The Hall–Kier alpha value is -0.570. The van der Waals surface area contributed by atoms with E-state index < -0.39 is 0 Å². The van der Waals surface area contributed by atoms with Crippen LogP contribution in [0.25, 0.3) is 0 Å². The van der Waals surface area contributed by atoms with Crippen molar-refractivity contribution in [2.75, 3.05) is 5.32 Å². The number of hydrogen-bond donors (Lipinski definition) is 1. The molecule has 1 unspecified atom stereocenters. The third-order valence-electron chi connectivity index (χ3n) is 3.50. The molecule has 3 heteroatoms. The lowest BCUT2D eigenvalue weighted by molar-refractivity contribution is 0.481. The molecule has 0 radical (unpaired) electrons. The molecule has 1 aliphatic rings. The number of nitrogens with zero attached hydrogens (tertiary/aromatic N) is 1. The molecule has 0 bridgehead atoms. The van der Waals surface area contributed by atoms with E-state index in [-0.39, 0.29) is 0 Å². The number of aromatic nitrogens is 1. The molecule has 1 atom stereocenters. The van der Waals surface area contributed by atoms with Crippen LogP contribution in [0.3, 0.4) is 0 Å². The third kappa shape index (κ3) is 2.76. The molecule has 0 spiro atoms. The number of rotatable bonds is 3. The Bertz CT molecular complexity index is 359. The average molecular weight is 283 g/mol. The third-order valence-corrected chi connectivity index (χ3v) is 4.34. The lowest BCUT2D eigenvalue weighted by atomic mass is 10.00. The zero-order valence-electron chi connectivity index (χ0n) is 9.96. The molecule has 1 N–H and O–H groups in total. The number of halogens is 1. The summed E-state index contributed by atoms with van der Waals surface area (Å²) in [5.41, 5.74) is 1.05. The number of nitrogens with one attached hydrogen (secondary N) is 1. The first kappa shape index (κ1) is 11.9. The van der Waals surface area contributed by atoms with Crippen LogP contribution in [0, 0.1) is 12.8 Å². The van der Waals surface area contributed by atoms with Crippen LogP contribution in [0.1, 0.15) is 38.3 Å². The fourth-order valence-corrected chi connectivity index (χ4v) is 2.65. The molecule has 1 aromatic rings. The number of pyridine rings is 1. The minimum atomic E-state index is 0.538. The predicted molar refractivity (Wildman–Crippen MR) is 71.7 cm³/mol. The van der Waals surface area contributed by atoms with Gasteiger partial charge in [-0.2, -0.15) is 0 Å². The standard InChI is InChI=1S/C13H19BrN2/c1-9(11-5-3-4-6-11)15-13-8-7-12(14)10(2)16-13/h7-9,11H,3-6H2,1-2H3,(H,15,16). The molecule has 0 aliphatic heterocycles. The molecule has 0 saturated heterocycles. The molecule has 1 heterocycles. The maximum Gasteiger partial charge on any atom is 0.126 e. The molecule has 2 nitrogen and oxygen atoms in total. The summed E-state index contributed by atoms with van der Waals surface area (Å²) in [7, 11) is 0. The zero-order valence-corrected chi connectivity index (χ0v) is 11.5. The molecular formula is C13H19BrN2. The van der Waals surface area contributed by atoms with Crippen molar-refractivity contribution >= 4 is 21.7 Å². The summed E-state index contributed by atoms with van der Waals surface area (Å²) in [4.78, 5) is 4.53. The minimum absolute atomic E-state index is 0.538. The van der Waals surface area contributed by atoms with Gasteiger partial charge in [0.15, 0.2) is 0 Å². The summed E-state index contributed by atoms with van der Waals surface area (Å²) >= 11 is 3.47. The molecule has 16 heavy (non-hydrogen) atoms. The van der Waals surface area contributed by atoms with Crippen LogP contribution in [0.5, 0.6) is 0 Å². The zero-order chi connectivity index (χ0) is 11.5. The molecule has 1 saturated carbocycles. The van der Waals surface area contributed by atoms with Gasteiger partial charge < -0.3 is 5.32 Å². The summed E-state index contributed by atoms with van der Waals surface area (Å²) < 4.78 is 1.08. The van der Waals surface area contributed by atoms with Gasteiger partial charge in [0, 0.05) is 10.5 Å². The Morgan fingerprint density at radius 3 is 2.69 bits per heavy atom. The molecule has 0 aromatic carbocycles. The fourth-order valence-electron chi connectivity index (χ4n) is 2.43. The summed E-state index contributed by atoms with van der Waals surface area (Å²) in [6.07, 6.45) is 5.51. The molecule has 1 fully saturated rings. The lowest BCUT2D eigenvalue weighted by Gasteiger charge is -2.21. The van der Waals surface area contributed by atoms with Crippen LogP contribution >= 0.6 is 15.9 Å². The quantitative estimate of drug-likeness (QED) is 0.901. The highest BCUT2D eigenvalue weighted by Crippen LogP contribution is 2.29. The molecule has 88 valence electrons. The molecule has 1 aliphatic carbocycles. The van der Waals surface area contributed by atoms with Crippen LogP contribution in [0.2, 0.25) is 0 Å². The summed E-state index contributed by atoms with van der Waals surface area (Å²) in [5, 5.41) is 3.52. The van der Waals surface area contributed by atoms with Gasteiger partial charge >= 0.3 is 0 Å². The Kier molecular flexibility index (Phi) is 3.85. The van der Waals surface area contributed by atoms with Crippen molar-refractivity contribution in [3.63, 3.8) is 0 Å². The summed E-state index contributed by atoms with van der Waals surface area (Å²) in [6, 6.07) is 4.64. The summed E-state index contributed by atoms with van der Waals surface area (Å²) in [6.45, 7) is 4.30. The van der Waals surface area contributed by atoms with E-state index in [0.29, 0.717) is 6.04 Å². The first-order chi connectivity index (χ1) is 7.66. The van der Waals surface area contributed by atoms with Gasteiger partial charge in [-0.05, 0) is 60.7 Å². The largest absolute Gasteiger partial charge is 0.367 e. The van der Waals surface area contributed by atoms with Gasteiger partial charge in [0.05, 0.1) is 5.69 Å². The van der Waals surface area contributed by atoms with Gasteiger partial charge in [-0.1, -0.05) is 12.8 Å². The van der Waals surface area contributed by atoms with Gasteiger partial charge in [0.1, 0.15) is 5.82 Å². The van der Waals surface area contributed by atoms with Crippen LogP contribution < -0.4 is 5.32 Å². The molecular weight excluding hydrogens is 264 g/mol. The second-order valence-electron chi connectivity index (χ2n) is 4.74. The second-order valence-corrected chi connectivity index (χ2v) is 5.60. The summed E-state index contributed by atoms with van der Waals surface area (Å²) in [5.74, 6) is 1.82. The Morgan fingerprint density at radius 2 is 2.06 bits per heavy atom. The van der Waals surface area contributed by atoms with Crippen molar-refractivity contribution in [1.82, 2.24) is 4.98 Å². The van der Waals surface area contributed by atoms with E-state index in [2.05, 4.69) is 39.2 Å². The highest BCUT2D eigenvalue weighted by molar-refractivity contribution is 9.10. The van der Waals surface area contributed by atoms with E-state index in [1.54, 1.807) is 0 Å². The smallest absolute Gasteiger partial charge is 0.126 e. The van der Waals surface area contributed by atoms with Crippen molar-refractivity contribution in [1.29, 1.82) is 0 Å². The van der Waals surface area contributed by atoms with Crippen molar-refractivity contribution < 1.29 is 0 Å². The van der Waals surface area contributed by atoms with E-state index in [1.807, 2.05) is 13.0 Å². The average Bonchev–Trinajstić information content (AvgIpc) is 2.77. The molecule has 1 aromatic heterocycles. The Labute approximate surface area is 106 Å². The lowest BCUT2D eigenvalue weighted by Crippen LogP contribution is -2.24. The molecule has 2 rings (SSSR count). The van der Waals surface area contributed by atoms with E-state index in [0.717, 1.165) is 21.9 Å². The highest BCUT2D eigenvalue weighted by atomic mass is 79.9. The van der Waals surface area contributed by atoms with E-state index in [4.69, 9.17) is 0 Å². The normalized spacial score (nSPS) is 18.7. The van der Waals surface area contributed by atoms with Crippen molar-refractivity contribution in [2.45, 2.75) is 45.6 Å². The monoisotopic (exact) mass is 282 g/mol. The van der Waals surface area contributed by atoms with Gasteiger partial charge in [0.2, 0.25) is 0 Å². The van der Waals surface area contributed by atoms with E-state index in [1.165, 1.54) is 25.7 Å².